The Labute approximate surface area is 232 Å². The molecule has 0 bridgehead atoms. The molecule has 0 fully saturated rings. The van der Waals surface area contributed by atoms with Gasteiger partial charge in [0.05, 0.1) is 11.0 Å². The fourth-order valence-corrected chi connectivity index (χ4v) is 6.18. The van der Waals surface area contributed by atoms with Crippen molar-refractivity contribution in [1.29, 1.82) is 0 Å². The lowest BCUT2D eigenvalue weighted by atomic mass is 9.85. The highest BCUT2D eigenvalue weighted by Crippen LogP contribution is 2.45. The minimum atomic E-state index is 0.930. The molecular formula is C38H24N2. The van der Waals surface area contributed by atoms with Crippen LogP contribution in [0.1, 0.15) is 0 Å². The first kappa shape index (κ1) is 22.6. The summed E-state index contributed by atoms with van der Waals surface area (Å²) < 4.78 is 0. The Bertz CT molecular complexity index is 2100. The van der Waals surface area contributed by atoms with Crippen LogP contribution >= 0.6 is 0 Å². The molecule has 0 amide bonds. The van der Waals surface area contributed by atoms with Crippen LogP contribution in [0.25, 0.3) is 76.7 Å². The van der Waals surface area contributed by atoms with Gasteiger partial charge in [-0.2, -0.15) is 0 Å². The van der Waals surface area contributed by atoms with Crippen LogP contribution in [0.4, 0.5) is 0 Å². The minimum Gasteiger partial charge on any atom is -0.254 e. The van der Waals surface area contributed by atoms with E-state index in [0.29, 0.717) is 0 Å². The molecule has 0 unspecified atom stereocenters. The summed E-state index contributed by atoms with van der Waals surface area (Å²) in [6, 6.07) is 47.8. The summed E-state index contributed by atoms with van der Waals surface area (Å²) in [5.41, 5.74) is 9.15. The fourth-order valence-electron chi connectivity index (χ4n) is 6.18. The lowest BCUT2D eigenvalue weighted by Gasteiger charge is -2.19. The SMILES string of the molecule is c1ccc(-c2cccc3c(-c4cc5cccnc5c5ncccc45)c4cccc(-c5ccccc5)c4cc23)cc1. The number of nitrogens with zero attached hydrogens (tertiary/aromatic N) is 2. The molecule has 2 aromatic heterocycles. The van der Waals surface area contributed by atoms with Gasteiger partial charge in [0.15, 0.2) is 0 Å². The van der Waals surface area contributed by atoms with Gasteiger partial charge in [0.25, 0.3) is 0 Å². The maximum atomic E-state index is 4.82. The number of aromatic nitrogens is 2. The molecule has 2 heterocycles. The molecular weight excluding hydrogens is 484 g/mol. The highest BCUT2D eigenvalue weighted by molar-refractivity contribution is 6.23. The molecule has 0 aliphatic rings. The number of fused-ring (bicyclic) bond motifs is 5. The van der Waals surface area contributed by atoms with Gasteiger partial charge in [-0.25, -0.2) is 0 Å². The molecule has 0 aliphatic heterocycles. The molecule has 6 aromatic carbocycles. The summed E-state index contributed by atoms with van der Waals surface area (Å²) in [4.78, 5) is 9.54. The summed E-state index contributed by atoms with van der Waals surface area (Å²) in [6.07, 6.45) is 3.71. The molecule has 2 heteroatoms. The second kappa shape index (κ2) is 9.14. The highest BCUT2D eigenvalue weighted by atomic mass is 14.7. The van der Waals surface area contributed by atoms with Gasteiger partial charge in [0.1, 0.15) is 0 Å². The average molecular weight is 509 g/mol. The van der Waals surface area contributed by atoms with E-state index in [1.54, 1.807) is 0 Å². The van der Waals surface area contributed by atoms with E-state index < -0.39 is 0 Å². The summed E-state index contributed by atoms with van der Waals surface area (Å²) in [5.74, 6) is 0. The maximum absolute atomic E-state index is 4.82. The Morgan fingerprint density at radius 3 is 1.52 bits per heavy atom. The molecule has 0 N–H and O–H groups in total. The number of pyridine rings is 2. The van der Waals surface area contributed by atoms with E-state index in [1.807, 2.05) is 24.5 Å². The monoisotopic (exact) mass is 508 g/mol. The number of hydrogen-bond donors (Lipinski definition) is 0. The minimum absolute atomic E-state index is 0.930. The van der Waals surface area contributed by atoms with E-state index in [0.717, 1.165) is 21.8 Å². The fraction of sp³-hybridized carbons (Fsp3) is 0. The number of benzene rings is 6. The van der Waals surface area contributed by atoms with Crippen LogP contribution in [0.3, 0.4) is 0 Å². The van der Waals surface area contributed by atoms with Crippen LogP contribution in [-0.2, 0) is 0 Å². The van der Waals surface area contributed by atoms with Gasteiger partial charge in [-0.3, -0.25) is 9.97 Å². The van der Waals surface area contributed by atoms with E-state index in [-0.39, 0.29) is 0 Å². The first-order chi connectivity index (χ1) is 19.9. The summed E-state index contributed by atoms with van der Waals surface area (Å²) in [5, 5.41) is 7.13. The maximum Gasteiger partial charge on any atom is 0.0970 e. The quantitative estimate of drug-likeness (QED) is 0.175. The van der Waals surface area contributed by atoms with Gasteiger partial charge in [0.2, 0.25) is 0 Å². The molecule has 0 aliphatic carbocycles. The summed E-state index contributed by atoms with van der Waals surface area (Å²) >= 11 is 0. The van der Waals surface area contributed by atoms with Crippen LogP contribution in [0, 0.1) is 0 Å². The van der Waals surface area contributed by atoms with Gasteiger partial charge in [-0.05, 0) is 79.2 Å². The van der Waals surface area contributed by atoms with Crippen LogP contribution in [0.2, 0.25) is 0 Å². The van der Waals surface area contributed by atoms with Crippen molar-refractivity contribution in [3.63, 3.8) is 0 Å². The third-order valence-corrected chi connectivity index (χ3v) is 7.94. The predicted molar refractivity (Wildman–Crippen MR) is 168 cm³/mol. The van der Waals surface area contributed by atoms with Crippen LogP contribution < -0.4 is 0 Å². The Morgan fingerprint density at radius 1 is 0.350 bits per heavy atom. The van der Waals surface area contributed by atoms with Crippen LogP contribution in [0.5, 0.6) is 0 Å². The van der Waals surface area contributed by atoms with Crippen molar-refractivity contribution in [2.75, 3.05) is 0 Å². The lowest BCUT2D eigenvalue weighted by Crippen LogP contribution is -1.93. The van der Waals surface area contributed by atoms with Crippen molar-refractivity contribution < 1.29 is 0 Å². The third kappa shape index (κ3) is 3.50. The molecule has 0 saturated carbocycles. The van der Waals surface area contributed by atoms with E-state index in [4.69, 9.17) is 9.97 Å². The van der Waals surface area contributed by atoms with E-state index >= 15 is 0 Å². The normalized spacial score (nSPS) is 11.5. The van der Waals surface area contributed by atoms with Crippen molar-refractivity contribution in [2.45, 2.75) is 0 Å². The topological polar surface area (TPSA) is 25.8 Å². The highest BCUT2D eigenvalue weighted by Gasteiger charge is 2.19. The average Bonchev–Trinajstić information content (AvgIpc) is 3.03. The molecule has 186 valence electrons. The zero-order valence-corrected chi connectivity index (χ0v) is 21.8. The number of rotatable bonds is 3. The van der Waals surface area contributed by atoms with Gasteiger partial charge in [-0.15, -0.1) is 0 Å². The van der Waals surface area contributed by atoms with Crippen molar-refractivity contribution in [1.82, 2.24) is 9.97 Å². The molecule has 0 radical (unpaired) electrons. The third-order valence-electron chi connectivity index (χ3n) is 7.94. The molecule has 0 spiro atoms. The predicted octanol–water partition coefficient (Wildman–Crippen LogP) is 10.1. The zero-order valence-electron chi connectivity index (χ0n) is 21.8. The Hall–Kier alpha value is -5.34. The van der Waals surface area contributed by atoms with Gasteiger partial charge in [-0.1, -0.05) is 109 Å². The summed E-state index contributed by atoms with van der Waals surface area (Å²) in [6.45, 7) is 0. The molecule has 8 aromatic rings. The Kier molecular flexibility index (Phi) is 5.17. The van der Waals surface area contributed by atoms with E-state index in [2.05, 4.69) is 121 Å². The van der Waals surface area contributed by atoms with Crippen molar-refractivity contribution in [3.8, 4) is 33.4 Å². The zero-order chi connectivity index (χ0) is 26.5. The molecule has 2 nitrogen and oxygen atoms in total. The van der Waals surface area contributed by atoms with Crippen LogP contribution in [-0.4, -0.2) is 9.97 Å². The largest absolute Gasteiger partial charge is 0.254 e. The van der Waals surface area contributed by atoms with Gasteiger partial charge < -0.3 is 0 Å². The molecule has 8 rings (SSSR count). The van der Waals surface area contributed by atoms with Crippen molar-refractivity contribution in [3.05, 3.63) is 146 Å². The molecule has 0 saturated heterocycles. The Morgan fingerprint density at radius 2 is 0.900 bits per heavy atom. The smallest absolute Gasteiger partial charge is 0.0970 e. The Balaban J connectivity index is 1.59. The van der Waals surface area contributed by atoms with Gasteiger partial charge in [0, 0.05) is 23.2 Å². The second-order valence-corrected chi connectivity index (χ2v) is 10.2. The van der Waals surface area contributed by atoms with Crippen molar-refractivity contribution in [2.24, 2.45) is 0 Å². The van der Waals surface area contributed by atoms with E-state index in [1.165, 1.54) is 54.9 Å². The summed E-state index contributed by atoms with van der Waals surface area (Å²) in [7, 11) is 0. The second-order valence-electron chi connectivity index (χ2n) is 10.2. The molecule has 40 heavy (non-hydrogen) atoms. The van der Waals surface area contributed by atoms with Crippen molar-refractivity contribution >= 4 is 43.4 Å². The van der Waals surface area contributed by atoms with Crippen LogP contribution in [0.15, 0.2) is 146 Å². The number of hydrogen-bond acceptors (Lipinski definition) is 2. The standard InChI is InChI=1S/C38H24N2/c1-3-11-25(12-4-1)28-16-7-18-30-33(28)24-34-29(26-13-5-2-6-14-26)17-8-19-31(34)36(30)35-23-27-15-9-21-39-37(27)38-32(35)20-10-22-40-38/h1-24H. The van der Waals surface area contributed by atoms with E-state index in [9.17, 15) is 0 Å². The molecule has 0 atom stereocenters. The first-order valence-corrected chi connectivity index (χ1v) is 13.6. The lowest BCUT2D eigenvalue weighted by molar-refractivity contribution is 1.37. The van der Waals surface area contributed by atoms with Gasteiger partial charge >= 0.3 is 0 Å². The first-order valence-electron chi connectivity index (χ1n) is 13.6.